The summed E-state index contributed by atoms with van der Waals surface area (Å²) < 4.78 is 12.6. The zero-order valence-electron chi connectivity index (χ0n) is 17.7. The number of nitrogens with one attached hydrogen (secondary N) is 1. The number of ketones is 1. The van der Waals surface area contributed by atoms with Gasteiger partial charge in [-0.05, 0) is 31.2 Å². The van der Waals surface area contributed by atoms with Gasteiger partial charge in [0.2, 0.25) is 5.78 Å². The van der Waals surface area contributed by atoms with Crippen LogP contribution in [0.5, 0.6) is 0 Å². The molecule has 1 atom stereocenters. The van der Waals surface area contributed by atoms with E-state index in [1.165, 1.54) is 16.1 Å². The molecule has 2 fully saturated rings. The Morgan fingerprint density at radius 3 is 2.78 bits per heavy atom. The smallest absolute Gasteiger partial charge is 0.295 e. The molecule has 0 spiro atoms. The number of nitrogens with zero attached hydrogens (tertiary/aromatic N) is 3. The van der Waals surface area contributed by atoms with Gasteiger partial charge < -0.3 is 28.5 Å². The minimum absolute atomic E-state index is 0.0873. The number of aryl methyl sites for hydroxylation is 1. The van der Waals surface area contributed by atoms with E-state index < -0.39 is 23.5 Å². The van der Waals surface area contributed by atoms with Crippen LogP contribution in [0.3, 0.4) is 0 Å². The molecule has 2 aliphatic rings. The van der Waals surface area contributed by atoms with Crippen LogP contribution in [0.2, 0.25) is 0 Å². The van der Waals surface area contributed by atoms with Crippen LogP contribution in [-0.2, 0) is 14.3 Å². The van der Waals surface area contributed by atoms with Gasteiger partial charge in [0.05, 0.1) is 44.0 Å². The molecule has 1 unspecified atom stereocenters. The Balaban J connectivity index is 1.57. The zero-order valence-corrected chi connectivity index (χ0v) is 17.7. The molecular weight excluding hydrogens is 412 g/mol. The molecule has 3 aromatic rings. The van der Waals surface area contributed by atoms with Crippen molar-refractivity contribution >= 4 is 23.1 Å². The minimum Gasteiger partial charge on any atom is -0.871 e. The van der Waals surface area contributed by atoms with Crippen LogP contribution in [0.1, 0.15) is 23.2 Å². The van der Waals surface area contributed by atoms with E-state index >= 15 is 0 Å². The molecule has 32 heavy (non-hydrogen) atoms. The molecule has 0 radical (unpaired) electrons. The summed E-state index contributed by atoms with van der Waals surface area (Å²) >= 11 is 0. The third-order valence-electron chi connectivity index (χ3n) is 6.17. The van der Waals surface area contributed by atoms with Crippen LogP contribution in [0, 0.1) is 6.92 Å². The Kier molecular flexibility index (Phi) is 5.28. The maximum Gasteiger partial charge on any atom is 0.295 e. The summed E-state index contributed by atoms with van der Waals surface area (Å²) in [5, 5.41) is 13.7. The predicted octanol–water partition coefficient (Wildman–Crippen LogP) is -0.625. The molecule has 0 aromatic carbocycles. The van der Waals surface area contributed by atoms with E-state index in [1.807, 2.05) is 6.07 Å². The summed E-state index contributed by atoms with van der Waals surface area (Å²) in [4.78, 5) is 33.3. The number of carbonyl (C=O) groups is 2. The summed E-state index contributed by atoms with van der Waals surface area (Å²) in [7, 11) is 0. The average Bonchev–Trinajstić information content (AvgIpc) is 3.50. The molecule has 0 saturated carbocycles. The van der Waals surface area contributed by atoms with Crippen LogP contribution in [0.25, 0.3) is 11.4 Å². The van der Waals surface area contributed by atoms with Gasteiger partial charge in [0.1, 0.15) is 30.5 Å². The topological polar surface area (TPSA) is 105 Å². The molecule has 0 aliphatic carbocycles. The van der Waals surface area contributed by atoms with Crippen molar-refractivity contribution in [1.82, 2.24) is 14.3 Å². The number of quaternary nitrogens is 1. The number of morpholine rings is 1. The van der Waals surface area contributed by atoms with Crippen LogP contribution in [0.15, 0.2) is 52.8 Å². The number of Topliss-reactive ketones (excluding diaryl/α,β-unsaturated/α-hetero) is 1. The molecule has 3 aromatic heterocycles. The standard InChI is InChI=1S/C23H24N4O5/c1-15-19(26-7-3-2-6-17(26)24-15)21(28)18-20(16-5-4-12-32-16)27(23(30)22(18)29)9-8-25-10-13-31-14-11-25/h2-7,12,20,28H,8-11,13-14H2,1H3. The summed E-state index contributed by atoms with van der Waals surface area (Å²) in [6.45, 7) is 5.77. The molecule has 2 aliphatic heterocycles. The Hall–Kier alpha value is -3.43. The van der Waals surface area contributed by atoms with E-state index in [0.29, 0.717) is 43.4 Å². The van der Waals surface area contributed by atoms with Crippen molar-refractivity contribution < 1.29 is 28.7 Å². The van der Waals surface area contributed by atoms with Crippen LogP contribution >= 0.6 is 0 Å². The number of aromatic nitrogens is 2. The van der Waals surface area contributed by atoms with Crippen molar-refractivity contribution in [2.75, 3.05) is 39.4 Å². The van der Waals surface area contributed by atoms with Crippen molar-refractivity contribution in [3.63, 3.8) is 0 Å². The van der Waals surface area contributed by atoms with E-state index in [2.05, 4.69) is 4.98 Å². The lowest BCUT2D eigenvalue weighted by atomic mass is 10.0. The second-order valence-electron chi connectivity index (χ2n) is 8.08. The fourth-order valence-electron chi connectivity index (χ4n) is 4.55. The third-order valence-corrected chi connectivity index (χ3v) is 6.17. The first-order chi connectivity index (χ1) is 15.6. The normalized spacial score (nSPS) is 21.7. The van der Waals surface area contributed by atoms with Gasteiger partial charge in [-0.25, -0.2) is 4.98 Å². The molecule has 9 heteroatoms. The summed E-state index contributed by atoms with van der Waals surface area (Å²) in [5.41, 5.74) is 1.31. The number of hydrogen-bond acceptors (Lipinski definition) is 6. The van der Waals surface area contributed by atoms with Crippen LogP contribution < -0.4 is 10.0 Å². The molecular formula is C23H24N4O5. The molecule has 166 valence electrons. The Bertz CT molecular complexity index is 1190. The first kappa shape index (κ1) is 20.5. The predicted molar refractivity (Wildman–Crippen MR) is 111 cm³/mol. The Morgan fingerprint density at radius 1 is 1.22 bits per heavy atom. The maximum absolute atomic E-state index is 13.7. The zero-order chi connectivity index (χ0) is 22.2. The minimum atomic E-state index is -0.855. The SMILES string of the molecule is Cc1nc2ccccn2c1C([O-])=C1C(=O)C(=O)N(CC[NH+]2CCOCC2)C1c1ccco1. The van der Waals surface area contributed by atoms with Gasteiger partial charge in [0.25, 0.3) is 5.91 Å². The number of fused-ring (bicyclic) bond motifs is 1. The lowest BCUT2D eigenvalue weighted by molar-refractivity contribution is -0.907. The number of imidazole rings is 1. The van der Waals surface area contributed by atoms with Gasteiger partial charge in [0.15, 0.2) is 0 Å². The summed E-state index contributed by atoms with van der Waals surface area (Å²) in [5.74, 6) is -1.55. The maximum atomic E-state index is 13.7. The number of carbonyl (C=O) groups excluding carboxylic acids is 2. The number of ether oxygens (including phenoxy) is 1. The van der Waals surface area contributed by atoms with Crippen molar-refractivity contribution in [3.05, 3.63) is 65.5 Å². The number of hydrogen-bond donors (Lipinski definition) is 1. The third kappa shape index (κ3) is 3.39. The highest BCUT2D eigenvalue weighted by molar-refractivity contribution is 6.46. The van der Waals surface area contributed by atoms with Gasteiger partial charge >= 0.3 is 0 Å². The number of rotatable bonds is 5. The highest BCUT2D eigenvalue weighted by Crippen LogP contribution is 2.39. The number of likely N-dealkylation sites (tertiary alicyclic amines) is 1. The lowest BCUT2D eigenvalue weighted by Gasteiger charge is -2.29. The molecule has 5 rings (SSSR count). The van der Waals surface area contributed by atoms with E-state index in [1.54, 1.807) is 41.8 Å². The monoisotopic (exact) mass is 436 g/mol. The quantitative estimate of drug-likeness (QED) is 0.325. The van der Waals surface area contributed by atoms with Gasteiger partial charge in [0, 0.05) is 11.8 Å². The fraction of sp³-hybridized carbons (Fsp3) is 0.348. The first-order valence-electron chi connectivity index (χ1n) is 10.7. The summed E-state index contributed by atoms with van der Waals surface area (Å²) in [6.07, 6.45) is 3.21. The van der Waals surface area contributed by atoms with Crippen molar-refractivity contribution in [2.45, 2.75) is 13.0 Å². The highest BCUT2D eigenvalue weighted by Gasteiger charge is 2.46. The molecule has 0 bridgehead atoms. The first-order valence-corrected chi connectivity index (χ1v) is 10.7. The average molecular weight is 436 g/mol. The highest BCUT2D eigenvalue weighted by atomic mass is 16.5. The molecule has 9 nitrogen and oxygen atoms in total. The second-order valence-corrected chi connectivity index (χ2v) is 8.08. The molecule has 2 saturated heterocycles. The molecule has 5 heterocycles. The van der Waals surface area contributed by atoms with Gasteiger partial charge in [-0.2, -0.15) is 0 Å². The molecule has 1 amide bonds. The molecule has 1 N–H and O–H groups in total. The second kappa shape index (κ2) is 8.25. The van der Waals surface area contributed by atoms with Crippen LogP contribution in [0.4, 0.5) is 0 Å². The van der Waals surface area contributed by atoms with Crippen molar-refractivity contribution in [1.29, 1.82) is 0 Å². The van der Waals surface area contributed by atoms with Crippen molar-refractivity contribution in [3.8, 4) is 0 Å². The Morgan fingerprint density at radius 2 is 2.03 bits per heavy atom. The van der Waals surface area contributed by atoms with Gasteiger partial charge in [-0.15, -0.1) is 0 Å². The van der Waals surface area contributed by atoms with Crippen LogP contribution in [-0.4, -0.2) is 65.4 Å². The largest absolute Gasteiger partial charge is 0.871 e. The van der Waals surface area contributed by atoms with E-state index in [9.17, 15) is 14.7 Å². The van der Waals surface area contributed by atoms with E-state index in [-0.39, 0.29) is 11.3 Å². The summed E-state index contributed by atoms with van der Waals surface area (Å²) in [6, 6.07) is 7.94. The van der Waals surface area contributed by atoms with Crippen molar-refractivity contribution in [2.24, 2.45) is 0 Å². The van der Waals surface area contributed by atoms with Gasteiger partial charge in [-0.3, -0.25) is 9.59 Å². The number of pyridine rings is 1. The van der Waals surface area contributed by atoms with Gasteiger partial charge in [-0.1, -0.05) is 11.8 Å². The van der Waals surface area contributed by atoms with E-state index in [0.717, 1.165) is 13.1 Å². The fourth-order valence-corrected chi connectivity index (χ4v) is 4.55. The Labute approximate surface area is 184 Å². The number of amides is 1. The lowest BCUT2D eigenvalue weighted by Crippen LogP contribution is -3.14. The van der Waals surface area contributed by atoms with E-state index in [4.69, 9.17) is 9.15 Å². The number of furan rings is 1.